The molecule has 0 radical (unpaired) electrons. The topological polar surface area (TPSA) is 98.5 Å². The Hall–Kier alpha value is -1.63. The van der Waals surface area contributed by atoms with Gasteiger partial charge >= 0.3 is 0 Å². The maximum Gasteiger partial charge on any atom is 0.160 e. The molecule has 2 rings (SSSR count). The number of anilines is 1. The third kappa shape index (κ3) is 2.31. The summed E-state index contributed by atoms with van der Waals surface area (Å²) in [5.74, 6) is -1.11. The summed E-state index contributed by atoms with van der Waals surface area (Å²) in [7, 11) is -3.38. The number of rotatable bonds is 1. The molecule has 1 heterocycles. The number of halogens is 1. The number of benzene rings is 1. The van der Waals surface area contributed by atoms with E-state index in [0.717, 1.165) is 0 Å². The summed E-state index contributed by atoms with van der Waals surface area (Å²) in [6.07, 6.45) is 0. The highest BCUT2D eigenvalue weighted by Gasteiger charge is 2.38. The molecule has 98 valence electrons. The predicted molar refractivity (Wildman–Crippen MR) is 68.4 cm³/mol. The SMILES string of the molecule is C[C@@]1(c2cc(N)ccc2F)CS(=O)(=O)CC(N)=N1. The fourth-order valence-electron chi connectivity index (χ4n) is 2.18. The van der Waals surface area contributed by atoms with Crippen LogP contribution in [-0.2, 0) is 15.4 Å². The van der Waals surface area contributed by atoms with Crippen molar-refractivity contribution < 1.29 is 12.8 Å². The molecule has 0 spiro atoms. The second kappa shape index (κ2) is 3.94. The van der Waals surface area contributed by atoms with Crippen LogP contribution in [0.3, 0.4) is 0 Å². The Bertz CT molecular complexity index is 627. The van der Waals surface area contributed by atoms with E-state index in [0.29, 0.717) is 5.69 Å². The molecular weight excluding hydrogens is 257 g/mol. The first-order valence-electron chi connectivity index (χ1n) is 5.32. The van der Waals surface area contributed by atoms with E-state index in [1.165, 1.54) is 25.1 Å². The van der Waals surface area contributed by atoms with Crippen LogP contribution in [0.25, 0.3) is 0 Å². The van der Waals surface area contributed by atoms with Gasteiger partial charge in [0.25, 0.3) is 0 Å². The van der Waals surface area contributed by atoms with Gasteiger partial charge in [-0.25, -0.2) is 12.8 Å². The van der Waals surface area contributed by atoms with E-state index < -0.39 is 21.2 Å². The minimum absolute atomic E-state index is 0.00873. The molecule has 0 aromatic heterocycles. The zero-order valence-electron chi connectivity index (χ0n) is 9.85. The Balaban J connectivity index is 2.61. The number of aliphatic imine (C=N–C) groups is 1. The van der Waals surface area contributed by atoms with Gasteiger partial charge in [0.15, 0.2) is 9.84 Å². The lowest BCUT2D eigenvalue weighted by molar-refractivity contribution is 0.490. The van der Waals surface area contributed by atoms with Gasteiger partial charge in [-0.3, -0.25) is 4.99 Å². The number of hydrogen-bond acceptors (Lipinski definition) is 5. The molecule has 0 amide bonds. The fourth-order valence-corrected chi connectivity index (χ4v) is 3.87. The summed E-state index contributed by atoms with van der Waals surface area (Å²) in [6.45, 7) is 1.54. The second-order valence-corrected chi connectivity index (χ2v) is 6.71. The molecule has 0 unspecified atom stereocenters. The Kier molecular flexibility index (Phi) is 2.81. The first-order chi connectivity index (χ1) is 8.22. The van der Waals surface area contributed by atoms with Crippen LogP contribution in [0.4, 0.5) is 10.1 Å². The van der Waals surface area contributed by atoms with Crippen LogP contribution in [-0.4, -0.2) is 25.8 Å². The summed E-state index contributed by atoms with van der Waals surface area (Å²) in [5.41, 5.74) is 10.4. The third-order valence-electron chi connectivity index (χ3n) is 2.83. The summed E-state index contributed by atoms with van der Waals surface area (Å²) in [5, 5.41) is 0. The summed E-state index contributed by atoms with van der Waals surface area (Å²) >= 11 is 0. The van der Waals surface area contributed by atoms with Crippen LogP contribution < -0.4 is 11.5 Å². The number of nitrogens with zero attached hydrogens (tertiary/aromatic N) is 1. The molecule has 0 saturated carbocycles. The van der Waals surface area contributed by atoms with Crippen LogP contribution >= 0.6 is 0 Å². The number of nitrogens with two attached hydrogens (primary N) is 2. The zero-order valence-corrected chi connectivity index (χ0v) is 10.7. The third-order valence-corrected chi connectivity index (χ3v) is 4.57. The average Bonchev–Trinajstić information content (AvgIpc) is 2.17. The van der Waals surface area contributed by atoms with Crippen LogP contribution in [0.5, 0.6) is 0 Å². The van der Waals surface area contributed by atoms with Crippen molar-refractivity contribution in [3.05, 3.63) is 29.6 Å². The highest BCUT2D eigenvalue weighted by molar-refractivity contribution is 7.92. The summed E-state index contributed by atoms with van der Waals surface area (Å²) < 4.78 is 37.3. The van der Waals surface area contributed by atoms with Gasteiger partial charge in [-0.05, 0) is 25.1 Å². The van der Waals surface area contributed by atoms with Crippen molar-refractivity contribution in [2.75, 3.05) is 17.2 Å². The number of hydrogen-bond donors (Lipinski definition) is 2. The molecule has 4 N–H and O–H groups in total. The van der Waals surface area contributed by atoms with Gasteiger partial charge in [0.2, 0.25) is 0 Å². The van der Waals surface area contributed by atoms with E-state index in [-0.39, 0.29) is 22.9 Å². The molecule has 1 atom stereocenters. The molecule has 0 saturated heterocycles. The van der Waals surface area contributed by atoms with Crippen LogP contribution in [0.1, 0.15) is 12.5 Å². The van der Waals surface area contributed by atoms with Gasteiger partial charge in [-0.2, -0.15) is 0 Å². The Labute approximate surface area is 105 Å². The lowest BCUT2D eigenvalue weighted by Gasteiger charge is -2.30. The lowest BCUT2D eigenvalue weighted by atomic mass is 9.93. The molecular formula is C11H14FN3O2S. The van der Waals surface area contributed by atoms with E-state index in [9.17, 15) is 12.8 Å². The standard InChI is InChI=1S/C11H14FN3O2S/c1-11(6-18(16,17)5-10(14)15-11)8-4-7(13)2-3-9(8)12/h2-4H,5-6,13H2,1H3,(H2,14,15)/t11-/m0/s1. The Morgan fingerprint density at radius 2 is 2.06 bits per heavy atom. The highest BCUT2D eigenvalue weighted by Crippen LogP contribution is 2.33. The second-order valence-electron chi connectivity index (χ2n) is 4.65. The first kappa shape index (κ1) is 12.8. The average molecular weight is 271 g/mol. The van der Waals surface area contributed by atoms with E-state index in [1.807, 2.05) is 0 Å². The molecule has 1 aromatic carbocycles. The molecule has 0 fully saturated rings. The molecule has 1 aromatic rings. The van der Waals surface area contributed by atoms with E-state index >= 15 is 0 Å². The van der Waals surface area contributed by atoms with Gasteiger partial charge in [-0.15, -0.1) is 0 Å². The normalized spacial score (nSPS) is 26.7. The minimum atomic E-state index is -3.38. The molecule has 0 bridgehead atoms. The van der Waals surface area contributed by atoms with Crippen molar-refractivity contribution in [1.29, 1.82) is 0 Å². The number of amidine groups is 1. The maximum absolute atomic E-state index is 13.8. The monoisotopic (exact) mass is 271 g/mol. The molecule has 18 heavy (non-hydrogen) atoms. The predicted octanol–water partition coefficient (Wildman–Crippen LogP) is 0.409. The van der Waals surface area contributed by atoms with Crippen LogP contribution in [0, 0.1) is 5.82 Å². The zero-order chi connectivity index (χ0) is 13.6. The Morgan fingerprint density at radius 1 is 1.39 bits per heavy atom. The van der Waals surface area contributed by atoms with Crippen molar-refractivity contribution in [2.45, 2.75) is 12.5 Å². The van der Waals surface area contributed by atoms with Crippen molar-refractivity contribution >= 4 is 21.4 Å². The van der Waals surface area contributed by atoms with Crippen molar-refractivity contribution in [2.24, 2.45) is 10.7 Å². The molecule has 7 heteroatoms. The van der Waals surface area contributed by atoms with E-state index in [4.69, 9.17) is 11.5 Å². The van der Waals surface area contributed by atoms with Crippen LogP contribution in [0.15, 0.2) is 23.2 Å². The van der Waals surface area contributed by atoms with Gasteiger partial charge in [-0.1, -0.05) is 0 Å². The van der Waals surface area contributed by atoms with Gasteiger partial charge < -0.3 is 11.5 Å². The molecule has 0 aliphatic carbocycles. The van der Waals surface area contributed by atoms with E-state index in [2.05, 4.69) is 4.99 Å². The first-order valence-corrected chi connectivity index (χ1v) is 7.14. The lowest BCUT2D eigenvalue weighted by Crippen LogP contribution is -2.42. The summed E-state index contributed by atoms with van der Waals surface area (Å²) in [4.78, 5) is 4.10. The fraction of sp³-hybridized carbons (Fsp3) is 0.364. The quantitative estimate of drug-likeness (QED) is 0.723. The van der Waals surface area contributed by atoms with Gasteiger partial charge in [0.05, 0.1) is 5.75 Å². The largest absolute Gasteiger partial charge is 0.399 e. The van der Waals surface area contributed by atoms with Crippen molar-refractivity contribution in [3.8, 4) is 0 Å². The molecule has 5 nitrogen and oxygen atoms in total. The molecule has 1 aliphatic heterocycles. The van der Waals surface area contributed by atoms with Crippen LogP contribution in [0.2, 0.25) is 0 Å². The van der Waals surface area contributed by atoms with Crippen molar-refractivity contribution in [1.82, 2.24) is 0 Å². The van der Waals surface area contributed by atoms with Gasteiger partial charge in [0, 0.05) is 11.3 Å². The smallest absolute Gasteiger partial charge is 0.160 e. The van der Waals surface area contributed by atoms with Gasteiger partial charge in [0.1, 0.15) is 22.9 Å². The number of nitrogen functional groups attached to an aromatic ring is 1. The number of sulfone groups is 1. The summed E-state index contributed by atoms with van der Waals surface area (Å²) in [6, 6.07) is 4.00. The minimum Gasteiger partial charge on any atom is -0.399 e. The highest BCUT2D eigenvalue weighted by atomic mass is 32.2. The van der Waals surface area contributed by atoms with Crippen molar-refractivity contribution in [3.63, 3.8) is 0 Å². The Morgan fingerprint density at radius 3 is 2.67 bits per heavy atom. The van der Waals surface area contributed by atoms with E-state index in [1.54, 1.807) is 0 Å². The maximum atomic E-state index is 13.8. The molecule has 1 aliphatic rings.